The summed E-state index contributed by atoms with van der Waals surface area (Å²) in [6, 6.07) is 10.8. The molecule has 1 aromatic heterocycles. The van der Waals surface area contributed by atoms with E-state index in [-0.39, 0.29) is 33.2 Å². The second-order valence-electron chi connectivity index (χ2n) is 6.18. The molecule has 0 aliphatic heterocycles. The van der Waals surface area contributed by atoms with Crippen molar-refractivity contribution in [3.05, 3.63) is 88.1 Å². The molecule has 0 radical (unpaired) electrons. The Kier molecular flexibility index (Phi) is 6.33. The van der Waals surface area contributed by atoms with Gasteiger partial charge in [-0.25, -0.2) is 27.0 Å². The second-order valence-corrected chi connectivity index (χ2v) is 8.51. The normalized spacial score (nSPS) is 11.3. The number of nitrogens with zero attached hydrogens (tertiary/aromatic N) is 1. The number of sulfone groups is 1. The standard InChI is InChI=1S/C20H14ClF2NO5S/c21-14-2-5-16(6-3-14)30(27,28)19-8-1-12(11-29-20(25)26)18(24-19)10-13-9-15(22)4-7-17(13)23/h1-9H,10-11H2,(H,25,26). The third-order valence-electron chi connectivity index (χ3n) is 4.16. The summed E-state index contributed by atoms with van der Waals surface area (Å²) in [5.41, 5.74) is 0.187. The number of hydrogen-bond acceptors (Lipinski definition) is 5. The summed E-state index contributed by atoms with van der Waals surface area (Å²) < 4.78 is 57.9. The SMILES string of the molecule is O=C(O)OCc1ccc(S(=O)(=O)c2ccc(Cl)cc2)nc1Cc1cc(F)ccc1F. The van der Waals surface area contributed by atoms with Crippen LogP contribution in [0.15, 0.2) is 64.5 Å². The van der Waals surface area contributed by atoms with Gasteiger partial charge in [0.25, 0.3) is 0 Å². The molecule has 0 bridgehead atoms. The van der Waals surface area contributed by atoms with Crippen LogP contribution in [0.5, 0.6) is 0 Å². The van der Waals surface area contributed by atoms with E-state index in [1.165, 1.54) is 36.4 Å². The van der Waals surface area contributed by atoms with E-state index in [1.54, 1.807) is 0 Å². The topological polar surface area (TPSA) is 93.6 Å². The molecule has 0 aliphatic carbocycles. The van der Waals surface area contributed by atoms with Crippen LogP contribution in [0.1, 0.15) is 16.8 Å². The van der Waals surface area contributed by atoms with Gasteiger partial charge < -0.3 is 9.84 Å². The molecule has 30 heavy (non-hydrogen) atoms. The van der Waals surface area contributed by atoms with Crippen LogP contribution in [0.25, 0.3) is 0 Å². The summed E-state index contributed by atoms with van der Waals surface area (Å²) in [6.07, 6.45) is -1.82. The Hall–Kier alpha value is -3.04. The summed E-state index contributed by atoms with van der Waals surface area (Å²) in [5.74, 6) is -1.39. The first-order valence-corrected chi connectivity index (χ1v) is 10.3. The van der Waals surface area contributed by atoms with E-state index in [9.17, 15) is 22.0 Å². The molecule has 0 unspecified atom stereocenters. The van der Waals surface area contributed by atoms with Crippen molar-refractivity contribution in [2.24, 2.45) is 0 Å². The van der Waals surface area contributed by atoms with Gasteiger partial charge in [-0.15, -0.1) is 0 Å². The molecule has 0 saturated carbocycles. The van der Waals surface area contributed by atoms with E-state index >= 15 is 0 Å². The zero-order chi connectivity index (χ0) is 21.9. The predicted octanol–water partition coefficient (Wildman–Crippen LogP) is 4.63. The third kappa shape index (κ3) is 4.92. The van der Waals surface area contributed by atoms with Gasteiger partial charge in [-0.3, -0.25) is 0 Å². The van der Waals surface area contributed by atoms with Crippen LogP contribution in [0.2, 0.25) is 5.02 Å². The molecular formula is C20H14ClF2NO5S. The lowest BCUT2D eigenvalue weighted by atomic mass is 10.0. The van der Waals surface area contributed by atoms with Crippen LogP contribution in [-0.4, -0.2) is 24.7 Å². The minimum absolute atomic E-state index is 0.0378. The highest BCUT2D eigenvalue weighted by Crippen LogP contribution is 2.24. The highest BCUT2D eigenvalue weighted by molar-refractivity contribution is 7.91. The molecule has 0 fully saturated rings. The zero-order valence-electron chi connectivity index (χ0n) is 15.2. The Labute approximate surface area is 175 Å². The van der Waals surface area contributed by atoms with Crippen molar-refractivity contribution in [3.63, 3.8) is 0 Å². The predicted molar refractivity (Wildman–Crippen MR) is 103 cm³/mol. The molecule has 2 aromatic carbocycles. The fourth-order valence-electron chi connectivity index (χ4n) is 2.68. The Bertz CT molecular complexity index is 1200. The Morgan fingerprint density at radius 3 is 2.40 bits per heavy atom. The van der Waals surface area contributed by atoms with Crippen molar-refractivity contribution >= 4 is 27.6 Å². The van der Waals surface area contributed by atoms with Gasteiger partial charge in [-0.2, -0.15) is 0 Å². The Morgan fingerprint density at radius 2 is 1.73 bits per heavy atom. The molecule has 0 aliphatic rings. The van der Waals surface area contributed by atoms with Crippen molar-refractivity contribution < 1.29 is 31.8 Å². The number of hydrogen-bond donors (Lipinski definition) is 1. The molecule has 0 spiro atoms. The first kappa shape index (κ1) is 21.7. The van der Waals surface area contributed by atoms with Gasteiger partial charge in [0.2, 0.25) is 9.84 Å². The average molecular weight is 454 g/mol. The molecule has 156 valence electrons. The molecule has 3 aromatic rings. The van der Waals surface area contributed by atoms with Gasteiger partial charge >= 0.3 is 6.16 Å². The van der Waals surface area contributed by atoms with Crippen molar-refractivity contribution in [1.29, 1.82) is 0 Å². The maximum Gasteiger partial charge on any atom is 0.506 e. The van der Waals surface area contributed by atoms with E-state index in [4.69, 9.17) is 16.7 Å². The summed E-state index contributed by atoms with van der Waals surface area (Å²) in [4.78, 5) is 14.8. The Balaban J connectivity index is 2.06. The number of rotatable bonds is 6. The molecule has 1 N–H and O–H groups in total. The highest BCUT2D eigenvalue weighted by Gasteiger charge is 2.22. The van der Waals surface area contributed by atoms with Gasteiger partial charge in [0.1, 0.15) is 18.2 Å². The van der Waals surface area contributed by atoms with E-state index < -0.39 is 34.2 Å². The van der Waals surface area contributed by atoms with Crippen molar-refractivity contribution in [2.75, 3.05) is 0 Å². The molecule has 3 rings (SSSR count). The fraction of sp³-hybridized carbons (Fsp3) is 0.100. The molecular weight excluding hydrogens is 440 g/mol. The average Bonchev–Trinajstić information content (AvgIpc) is 2.70. The van der Waals surface area contributed by atoms with Crippen LogP contribution in [0.4, 0.5) is 13.6 Å². The van der Waals surface area contributed by atoms with Gasteiger partial charge in [-0.1, -0.05) is 17.7 Å². The third-order valence-corrected chi connectivity index (χ3v) is 6.08. The lowest BCUT2D eigenvalue weighted by molar-refractivity contribution is 0.0850. The number of halogens is 3. The van der Waals surface area contributed by atoms with Crippen LogP contribution in [0.3, 0.4) is 0 Å². The second kappa shape index (κ2) is 8.76. The maximum atomic E-state index is 14.1. The summed E-state index contributed by atoms with van der Waals surface area (Å²) >= 11 is 5.79. The number of benzene rings is 2. The molecule has 1 heterocycles. The van der Waals surface area contributed by atoms with Crippen LogP contribution in [0, 0.1) is 11.6 Å². The van der Waals surface area contributed by atoms with E-state index in [1.807, 2.05) is 0 Å². The van der Waals surface area contributed by atoms with Crippen LogP contribution >= 0.6 is 11.6 Å². The monoisotopic (exact) mass is 453 g/mol. The quantitative estimate of drug-likeness (QED) is 0.547. The smallest absolute Gasteiger partial charge is 0.450 e. The first-order valence-electron chi connectivity index (χ1n) is 8.46. The number of ether oxygens (including phenoxy) is 1. The van der Waals surface area contributed by atoms with Crippen molar-refractivity contribution in [3.8, 4) is 0 Å². The van der Waals surface area contributed by atoms with E-state index in [2.05, 4.69) is 9.72 Å². The van der Waals surface area contributed by atoms with Gasteiger partial charge in [0, 0.05) is 17.0 Å². The summed E-state index contributed by atoms with van der Waals surface area (Å²) in [6.45, 7) is -0.435. The number of pyridine rings is 1. The lowest BCUT2D eigenvalue weighted by Gasteiger charge is -2.12. The largest absolute Gasteiger partial charge is 0.506 e. The maximum absolute atomic E-state index is 14.1. The van der Waals surface area contributed by atoms with E-state index in [0.717, 1.165) is 18.2 Å². The molecule has 0 atom stereocenters. The molecule has 10 heteroatoms. The van der Waals surface area contributed by atoms with Crippen LogP contribution in [-0.2, 0) is 27.6 Å². The summed E-state index contributed by atoms with van der Waals surface area (Å²) in [5, 5.41) is 8.75. The van der Waals surface area contributed by atoms with Crippen molar-refractivity contribution in [2.45, 2.75) is 22.9 Å². The minimum Gasteiger partial charge on any atom is -0.450 e. The molecule has 0 amide bonds. The van der Waals surface area contributed by atoms with Gasteiger partial charge in [-0.05, 0) is 54.1 Å². The van der Waals surface area contributed by atoms with Crippen LogP contribution < -0.4 is 0 Å². The van der Waals surface area contributed by atoms with Gasteiger partial charge in [0.15, 0.2) is 5.03 Å². The first-order chi connectivity index (χ1) is 14.2. The van der Waals surface area contributed by atoms with Gasteiger partial charge in [0.05, 0.1) is 10.6 Å². The molecule has 0 saturated heterocycles. The fourth-order valence-corrected chi connectivity index (χ4v) is 4.02. The number of aromatic nitrogens is 1. The highest BCUT2D eigenvalue weighted by atomic mass is 35.5. The molecule has 6 nitrogen and oxygen atoms in total. The Morgan fingerprint density at radius 1 is 1.03 bits per heavy atom. The lowest BCUT2D eigenvalue weighted by Crippen LogP contribution is -2.11. The number of carbonyl (C=O) groups is 1. The summed E-state index contributed by atoms with van der Waals surface area (Å²) in [7, 11) is -4.03. The van der Waals surface area contributed by atoms with E-state index in [0.29, 0.717) is 5.02 Å². The zero-order valence-corrected chi connectivity index (χ0v) is 16.8. The van der Waals surface area contributed by atoms with Crippen molar-refractivity contribution in [1.82, 2.24) is 4.98 Å². The number of carboxylic acid groups (broad SMARTS) is 1. The minimum atomic E-state index is -4.03.